The van der Waals surface area contributed by atoms with Crippen LogP contribution >= 0.6 is 0 Å². The maximum absolute atomic E-state index is 12.4. The van der Waals surface area contributed by atoms with Gasteiger partial charge in [-0.25, -0.2) is 0 Å². The Morgan fingerprint density at radius 1 is 1.06 bits per heavy atom. The van der Waals surface area contributed by atoms with Crippen molar-refractivity contribution in [2.24, 2.45) is 5.92 Å². The van der Waals surface area contributed by atoms with Gasteiger partial charge in [0.05, 0.1) is 6.10 Å². The van der Waals surface area contributed by atoms with Gasteiger partial charge in [0, 0.05) is 5.92 Å². The highest BCUT2D eigenvalue weighted by molar-refractivity contribution is 5.89. The summed E-state index contributed by atoms with van der Waals surface area (Å²) in [5, 5.41) is 0. The number of Topliss-reactive ketones (excluding diaryl/α,β-unsaturated/α-hetero) is 1. The summed E-state index contributed by atoms with van der Waals surface area (Å²) in [5.41, 5.74) is -0.407. The van der Waals surface area contributed by atoms with Crippen LogP contribution in [0.25, 0.3) is 0 Å². The molecule has 2 rings (SSSR count). The second-order valence-electron chi connectivity index (χ2n) is 6.10. The van der Waals surface area contributed by atoms with E-state index in [4.69, 9.17) is 4.74 Å². The second-order valence-corrected chi connectivity index (χ2v) is 6.10. The first kappa shape index (κ1) is 13.1. The highest BCUT2D eigenvalue weighted by atomic mass is 16.5. The third-order valence-corrected chi connectivity index (χ3v) is 4.33. The zero-order valence-corrected chi connectivity index (χ0v) is 11.3. The number of hydrogen-bond donors (Lipinski definition) is 0. The Labute approximate surface area is 105 Å². The quantitative estimate of drug-likeness (QED) is 0.743. The summed E-state index contributed by atoms with van der Waals surface area (Å²) in [6.45, 7) is 4.01. The van der Waals surface area contributed by atoms with Crippen LogP contribution in [0.1, 0.15) is 71.6 Å². The predicted molar refractivity (Wildman–Crippen MR) is 69.0 cm³/mol. The molecule has 0 aromatic heterocycles. The first-order valence-corrected chi connectivity index (χ1v) is 7.36. The monoisotopic (exact) mass is 238 g/mol. The molecule has 0 aromatic carbocycles. The topological polar surface area (TPSA) is 26.3 Å². The molecule has 0 amide bonds. The van der Waals surface area contributed by atoms with E-state index in [1.54, 1.807) is 0 Å². The number of ketones is 1. The second kappa shape index (κ2) is 5.51. The number of ether oxygens (including phenoxy) is 1. The molecule has 0 aliphatic heterocycles. The van der Waals surface area contributed by atoms with Crippen molar-refractivity contribution in [3.05, 3.63) is 0 Å². The van der Waals surface area contributed by atoms with Crippen molar-refractivity contribution in [1.29, 1.82) is 0 Å². The van der Waals surface area contributed by atoms with Crippen LogP contribution in [0.5, 0.6) is 0 Å². The van der Waals surface area contributed by atoms with Crippen LogP contribution in [0.4, 0.5) is 0 Å². The Kier molecular flexibility index (Phi) is 4.24. The molecule has 0 unspecified atom stereocenters. The minimum Gasteiger partial charge on any atom is -0.364 e. The third-order valence-electron chi connectivity index (χ3n) is 4.33. The van der Waals surface area contributed by atoms with E-state index in [0.29, 0.717) is 11.9 Å². The summed E-state index contributed by atoms with van der Waals surface area (Å²) in [6, 6.07) is 0. The molecular formula is C15H26O2. The first-order chi connectivity index (χ1) is 8.14. The molecule has 2 aliphatic carbocycles. The van der Waals surface area contributed by atoms with Gasteiger partial charge in [-0.05, 0) is 38.5 Å². The molecule has 2 heteroatoms. The molecule has 0 N–H and O–H groups in total. The van der Waals surface area contributed by atoms with Gasteiger partial charge in [0.1, 0.15) is 5.60 Å². The lowest BCUT2D eigenvalue weighted by Gasteiger charge is -2.35. The van der Waals surface area contributed by atoms with Gasteiger partial charge in [-0.1, -0.05) is 33.1 Å². The van der Waals surface area contributed by atoms with E-state index in [1.165, 1.54) is 19.3 Å². The van der Waals surface area contributed by atoms with Crippen LogP contribution in [0.15, 0.2) is 0 Å². The number of carbonyl (C=O) groups excluding carboxylic acids is 1. The molecule has 2 saturated carbocycles. The van der Waals surface area contributed by atoms with Crippen LogP contribution in [0.2, 0.25) is 0 Å². The van der Waals surface area contributed by atoms with Crippen LogP contribution in [0.3, 0.4) is 0 Å². The number of carbonyl (C=O) groups is 1. The van der Waals surface area contributed by atoms with E-state index in [0.717, 1.165) is 38.5 Å². The predicted octanol–water partition coefficient (Wildman–Crippen LogP) is 3.87. The lowest BCUT2D eigenvalue weighted by molar-refractivity contribution is -0.158. The standard InChI is InChI=1S/C15H26O2/c1-12(2)14(16)15(10-6-7-11-15)17-13-8-4-3-5-9-13/h12-13H,3-11H2,1-2H3. The Morgan fingerprint density at radius 2 is 1.65 bits per heavy atom. The Bertz CT molecular complexity index is 258. The van der Waals surface area contributed by atoms with Crippen LogP contribution in [0, 0.1) is 5.92 Å². The van der Waals surface area contributed by atoms with Gasteiger partial charge in [-0.2, -0.15) is 0 Å². The molecule has 2 aliphatic rings. The van der Waals surface area contributed by atoms with Crippen molar-refractivity contribution >= 4 is 5.78 Å². The first-order valence-electron chi connectivity index (χ1n) is 7.36. The smallest absolute Gasteiger partial charge is 0.167 e. The van der Waals surface area contributed by atoms with Crippen molar-refractivity contribution in [2.45, 2.75) is 83.3 Å². The van der Waals surface area contributed by atoms with Crippen molar-refractivity contribution < 1.29 is 9.53 Å². The van der Waals surface area contributed by atoms with E-state index in [9.17, 15) is 4.79 Å². The van der Waals surface area contributed by atoms with Gasteiger partial charge in [-0.15, -0.1) is 0 Å². The minimum absolute atomic E-state index is 0.108. The van der Waals surface area contributed by atoms with Crippen LogP contribution < -0.4 is 0 Å². The lowest BCUT2D eigenvalue weighted by atomic mass is 9.87. The molecule has 0 bridgehead atoms. The molecule has 0 aromatic rings. The molecule has 2 nitrogen and oxygen atoms in total. The summed E-state index contributed by atoms with van der Waals surface area (Å²) < 4.78 is 6.31. The van der Waals surface area contributed by atoms with E-state index < -0.39 is 5.60 Å². The molecule has 0 saturated heterocycles. The lowest BCUT2D eigenvalue weighted by Crippen LogP contribution is -2.44. The van der Waals surface area contributed by atoms with E-state index in [-0.39, 0.29) is 5.92 Å². The average molecular weight is 238 g/mol. The summed E-state index contributed by atoms with van der Waals surface area (Å²) in [6.07, 6.45) is 10.8. The Morgan fingerprint density at radius 3 is 2.18 bits per heavy atom. The normalized spacial score (nSPS) is 25.4. The van der Waals surface area contributed by atoms with Gasteiger partial charge in [0.2, 0.25) is 0 Å². The van der Waals surface area contributed by atoms with E-state index in [1.807, 2.05) is 13.8 Å². The van der Waals surface area contributed by atoms with E-state index >= 15 is 0 Å². The number of hydrogen-bond acceptors (Lipinski definition) is 2. The molecule has 2 fully saturated rings. The Hall–Kier alpha value is -0.370. The number of rotatable bonds is 4. The highest BCUT2D eigenvalue weighted by Gasteiger charge is 2.44. The highest BCUT2D eigenvalue weighted by Crippen LogP contribution is 2.39. The summed E-state index contributed by atoms with van der Waals surface area (Å²) in [7, 11) is 0. The maximum Gasteiger partial charge on any atom is 0.167 e. The summed E-state index contributed by atoms with van der Waals surface area (Å²) in [4.78, 5) is 12.4. The zero-order valence-electron chi connectivity index (χ0n) is 11.3. The molecule has 17 heavy (non-hydrogen) atoms. The summed E-state index contributed by atoms with van der Waals surface area (Å²) >= 11 is 0. The molecule has 98 valence electrons. The molecule has 0 radical (unpaired) electrons. The van der Waals surface area contributed by atoms with Gasteiger partial charge in [0.25, 0.3) is 0 Å². The minimum atomic E-state index is -0.407. The largest absolute Gasteiger partial charge is 0.364 e. The van der Waals surface area contributed by atoms with Crippen molar-refractivity contribution in [3.63, 3.8) is 0 Å². The Balaban J connectivity index is 2.03. The van der Waals surface area contributed by atoms with Gasteiger partial charge < -0.3 is 4.74 Å². The fourth-order valence-corrected chi connectivity index (χ4v) is 3.40. The van der Waals surface area contributed by atoms with E-state index in [2.05, 4.69) is 0 Å². The fraction of sp³-hybridized carbons (Fsp3) is 0.933. The average Bonchev–Trinajstić information content (AvgIpc) is 2.79. The molecular weight excluding hydrogens is 212 g/mol. The van der Waals surface area contributed by atoms with Gasteiger partial charge in [0.15, 0.2) is 5.78 Å². The summed E-state index contributed by atoms with van der Waals surface area (Å²) in [5.74, 6) is 0.456. The van der Waals surface area contributed by atoms with Crippen LogP contribution in [-0.4, -0.2) is 17.5 Å². The zero-order chi connectivity index (χ0) is 12.3. The van der Waals surface area contributed by atoms with Crippen LogP contribution in [-0.2, 0) is 9.53 Å². The van der Waals surface area contributed by atoms with Crippen molar-refractivity contribution in [1.82, 2.24) is 0 Å². The van der Waals surface area contributed by atoms with Gasteiger partial charge >= 0.3 is 0 Å². The fourth-order valence-electron chi connectivity index (χ4n) is 3.40. The maximum atomic E-state index is 12.4. The van der Waals surface area contributed by atoms with Crippen molar-refractivity contribution in [2.75, 3.05) is 0 Å². The molecule has 0 spiro atoms. The van der Waals surface area contributed by atoms with Gasteiger partial charge in [-0.3, -0.25) is 4.79 Å². The molecule has 0 atom stereocenters. The third kappa shape index (κ3) is 2.90. The molecule has 0 heterocycles. The SMILES string of the molecule is CC(C)C(=O)C1(OC2CCCCC2)CCCC1. The van der Waals surface area contributed by atoms with Crippen molar-refractivity contribution in [3.8, 4) is 0 Å².